The lowest BCUT2D eigenvalue weighted by molar-refractivity contribution is -0.137. The van der Waals surface area contributed by atoms with Crippen LogP contribution in [0.1, 0.15) is 33.2 Å². The van der Waals surface area contributed by atoms with Gasteiger partial charge in [0.2, 0.25) is 0 Å². The Morgan fingerprint density at radius 3 is 2.06 bits per heavy atom. The van der Waals surface area contributed by atoms with Crippen LogP contribution in [0.2, 0.25) is 0 Å². The standard InChI is InChI=1S/C24H15F3N2O3S/c1-13(28-22(31)15-6-2-3-7-16(15)23(28)32)21(30)29-17-8-4-5-9-19(17)33-20-11-10-14(12-18(20)29)24(25,26)27/h2-13H,1H3/t13-/m1/s1. The first kappa shape index (κ1) is 21.3. The fraction of sp³-hybridized carbons (Fsp3) is 0.125. The Morgan fingerprint density at radius 1 is 0.848 bits per heavy atom. The van der Waals surface area contributed by atoms with Crippen molar-refractivity contribution >= 4 is 40.9 Å². The number of benzene rings is 3. The minimum atomic E-state index is -4.60. The summed E-state index contributed by atoms with van der Waals surface area (Å²) in [4.78, 5) is 42.7. The normalized spacial score (nSPS) is 15.8. The van der Waals surface area contributed by atoms with Crippen LogP contribution in [0.25, 0.3) is 0 Å². The van der Waals surface area contributed by atoms with Crippen molar-refractivity contribution in [1.82, 2.24) is 4.90 Å². The number of fused-ring (bicyclic) bond motifs is 3. The number of hydrogen-bond donors (Lipinski definition) is 0. The number of amides is 3. The Kier molecular flexibility index (Phi) is 4.82. The molecule has 0 bridgehead atoms. The van der Waals surface area contributed by atoms with Crippen molar-refractivity contribution in [3.05, 3.63) is 83.4 Å². The van der Waals surface area contributed by atoms with Gasteiger partial charge in [-0.1, -0.05) is 36.0 Å². The highest BCUT2D eigenvalue weighted by molar-refractivity contribution is 7.99. The van der Waals surface area contributed by atoms with Crippen LogP contribution >= 0.6 is 11.8 Å². The molecule has 0 fully saturated rings. The molecule has 0 saturated heterocycles. The second kappa shape index (κ2) is 7.48. The van der Waals surface area contributed by atoms with Crippen LogP contribution in [0.15, 0.2) is 76.5 Å². The molecule has 9 heteroatoms. The second-order valence-corrected chi connectivity index (χ2v) is 8.71. The lowest BCUT2D eigenvalue weighted by atomic mass is 10.1. The number of alkyl halides is 3. The minimum absolute atomic E-state index is 0.0574. The molecule has 0 N–H and O–H groups in total. The van der Waals surface area contributed by atoms with E-state index in [0.717, 1.165) is 17.0 Å². The van der Waals surface area contributed by atoms with Crippen molar-refractivity contribution in [2.45, 2.75) is 28.9 Å². The monoisotopic (exact) mass is 468 g/mol. The van der Waals surface area contributed by atoms with Gasteiger partial charge in [0.1, 0.15) is 6.04 Å². The lowest BCUT2D eigenvalue weighted by Crippen LogP contribution is -2.48. The largest absolute Gasteiger partial charge is 0.416 e. The average molecular weight is 468 g/mol. The predicted octanol–water partition coefficient (Wildman–Crippen LogP) is 5.52. The number of rotatable bonds is 2. The van der Waals surface area contributed by atoms with Crippen LogP contribution in [-0.2, 0) is 11.0 Å². The van der Waals surface area contributed by atoms with Gasteiger partial charge in [0.15, 0.2) is 0 Å². The molecule has 33 heavy (non-hydrogen) atoms. The van der Waals surface area contributed by atoms with E-state index in [9.17, 15) is 27.6 Å². The lowest BCUT2D eigenvalue weighted by Gasteiger charge is -2.34. The van der Waals surface area contributed by atoms with Crippen LogP contribution < -0.4 is 4.90 Å². The number of nitrogens with zero attached hydrogens (tertiary/aromatic N) is 2. The zero-order valence-corrected chi connectivity index (χ0v) is 17.9. The third kappa shape index (κ3) is 3.31. The van der Waals surface area contributed by atoms with E-state index in [4.69, 9.17) is 0 Å². The predicted molar refractivity (Wildman–Crippen MR) is 116 cm³/mol. The highest BCUT2D eigenvalue weighted by Crippen LogP contribution is 2.50. The van der Waals surface area contributed by atoms with Gasteiger partial charge in [-0.2, -0.15) is 13.2 Å². The molecule has 1 atom stereocenters. The first-order chi connectivity index (χ1) is 15.7. The molecule has 2 heterocycles. The van der Waals surface area contributed by atoms with Crippen LogP contribution in [0.3, 0.4) is 0 Å². The maximum absolute atomic E-state index is 13.7. The molecule has 0 aromatic heterocycles. The number of para-hydroxylation sites is 1. The van der Waals surface area contributed by atoms with E-state index in [-0.39, 0.29) is 16.8 Å². The molecule has 0 saturated carbocycles. The van der Waals surface area contributed by atoms with Crippen molar-refractivity contribution in [3.8, 4) is 0 Å². The number of carbonyl (C=O) groups excluding carboxylic acids is 3. The SMILES string of the molecule is C[C@H](C(=O)N1c2ccccc2Sc2ccc(C(F)(F)F)cc21)N1C(=O)c2ccccc2C1=O. The molecule has 3 aromatic carbocycles. The third-order valence-electron chi connectivity index (χ3n) is 5.64. The van der Waals surface area contributed by atoms with Crippen LogP contribution in [0.5, 0.6) is 0 Å². The Morgan fingerprint density at radius 2 is 1.42 bits per heavy atom. The van der Waals surface area contributed by atoms with E-state index in [0.29, 0.717) is 15.5 Å². The zero-order valence-electron chi connectivity index (χ0n) is 17.1. The van der Waals surface area contributed by atoms with Gasteiger partial charge < -0.3 is 0 Å². The number of hydrogen-bond acceptors (Lipinski definition) is 4. The Labute approximate surface area is 190 Å². The summed E-state index contributed by atoms with van der Waals surface area (Å²) in [6.07, 6.45) is -4.60. The first-order valence-corrected chi connectivity index (χ1v) is 10.8. The number of imide groups is 1. The molecule has 2 aliphatic heterocycles. The molecule has 166 valence electrons. The molecule has 3 amide bonds. The molecule has 0 spiro atoms. The van der Waals surface area contributed by atoms with Gasteiger partial charge in [-0.25, -0.2) is 0 Å². The van der Waals surface area contributed by atoms with Crippen LogP contribution in [0, 0.1) is 0 Å². The van der Waals surface area contributed by atoms with Crippen molar-refractivity contribution < 1.29 is 27.6 Å². The maximum Gasteiger partial charge on any atom is 0.416 e. The Bertz CT molecular complexity index is 1300. The quantitative estimate of drug-likeness (QED) is 0.465. The van der Waals surface area contributed by atoms with Gasteiger partial charge in [-0.3, -0.25) is 24.2 Å². The van der Waals surface area contributed by atoms with Crippen LogP contribution in [0.4, 0.5) is 24.5 Å². The molecule has 0 radical (unpaired) electrons. The fourth-order valence-electron chi connectivity index (χ4n) is 4.03. The van der Waals surface area contributed by atoms with Gasteiger partial charge >= 0.3 is 6.18 Å². The molecular weight excluding hydrogens is 453 g/mol. The van der Waals surface area contributed by atoms with Gasteiger partial charge in [0, 0.05) is 9.79 Å². The van der Waals surface area contributed by atoms with Crippen molar-refractivity contribution in [1.29, 1.82) is 0 Å². The molecule has 2 aliphatic rings. The topological polar surface area (TPSA) is 57.7 Å². The second-order valence-electron chi connectivity index (χ2n) is 7.63. The van der Waals surface area contributed by atoms with E-state index >= 15 is 0 Å². The van der Waals surface area contributed by atoms with Crippen molar-refractivity contribution in [2.24, 2.45) is 0 Å². The Hall–Kier alpha value is -3.59. The van der Waals surface area contributed by atoms with Crippen molar-refractivity contribution in [3.63, 3.8) is 0 Å². The van der Waals surface area contributed by atoms with E-state index in [2.05, 4.69) is 0 Å². The smallest absolute Gasteiger partial charge is 0.277 e. The van der Waals surface area contributed by atoms with E-state index in [1.54, 1.807) is 36.4 Å². The van der Waals surface area contributed by atoms with Crippen LogP contribution in [-0.4, -0.2) is 28.7 Å². The molecular formula is C24H15F3N2O3S. The summed E-state index contributed by atoms with van der Waals surface area (Å²) in [5, 5.41) is 0. The summed E-state index contributed by atoms with van der Waals surface area (Å²) in [5.41, 5.74) is -0.0646. The summed E-state index contributed by atoms with van der Waals surface area (Å²) in [7, 11) is 0. The molecule has 3 aromatic rings. The van der Waals surface area contributed by atoms with Crippen molar-refractivity contribution in [2.75, 3.05) is 4.90 Å². The fourth-order valence-corrected chi connectivity index (χ4v) is 5.06. The molecule has 5 nitrogen and oxygen atoms in total. The number of carbonyl (C=O) groups is 3. The maximum atomic E-state index is 13.7. The van der Waals surface area contributed by atoms with Gasteiger partial charge in [-0.15, -0.1) is 0 Å². The van der Waals surface area contributed by atoms with E-state index < -0.39 is 35.5 Å². The van der Waals surface area contributed by atoms with E-state index in [1.807, 2.05) is 0 Å². The molecule has 5 rings (SSSR count). The summed E-state index contributed by atoms with van der Waals surface area (Å²) in [5.74, 6) is -1.90. The minimum Gasteiger partial charge on any atom is -0.277 e. The summed E-state index contributed by atoms with van der Waals surface area (Å²) in [6, 6.07) is 15.0. The third-order valence-corrected chi connectivity index (χ3v) is 6.77. The average Bonchev–Trinajstić information content (AvgIpc) is 3.05. The van der Waals surface area contributed by atoms with Gasteiger partial charge in [0.05, 0.1) is 28.1 Å². The molecule has 0 unspecified atom stereocenters. The first-order valence-electron chi connectivity index (χ1n) is 9.97. The zero-order chi connectivity index (χ0) is 23.5. The highest BCUT2D eigenvalue weighted by Gasteiger charge is 2.43. The summed E-state index contributed by atoms with van der Waals surface area (Å²) >= 11 is 1.25. The molecule has 0 aliphatic carbocycles. The van der Waals surface area contributed by atoms with Gasteiger partial charge in [-0.05, 0) is 49.4 Å². The summed E-state index contributed by atoms with van der Waals surface area (Å²) in [6.45, 7) is 1.40. The summed E-state index contributed by atoms with van der Waals surface area (Å²) < 4.78 is 40.3. The highest BCUT2D eigenvalue weighted by atomic mass is 32.2. The van der Waals surface area contributed by atoms with Gasteiger partial charge in [0.25, 0.3) is 17.7 Å². The number of anilines is 2. The number of halogens is 3. The Balaban J connectivity index is 1.60. The van der Waals surface area contributed by atoms with E-state index in [1.165, 1.54) is 41.8 Å².